The summed E-state index contributed by atoms with van der Waals surface area (Å²) < 4.78 is 0. The molecule has 0 saturated heterocycles. The zero-order valence-corrected chi connectivity index (χ0v) is 8.54. The summed E-state index contributed by atoms with van der Waals surface area (Å²) in [6.45, 7) is 1.47. The summed E-state index contributed by atoms with van der Waals surface area (Å²) >= 11 is 0. The van der Waals surface area contributed by atoms with Crippen molar-refractivity contribution < 1.29 is 14.4 Å². The summed E-state index contributed by atoms with van der Waals surface area (Å²) in [6, 6.07) is 0. The van der Waals surface area contributed by atoms with E-state index in [-0.39, 0.29) is 30.2 Å². The van der Waals surface area contributed by atoms with Crippen LogP contribution in [0.4, 0.5) is 0 Å². The van der Waals surface area contributed by atoms with E-state index < -0.39 is 5.92 Å². The topological polar surface area (TPSA) is 51.2 Å². The maximum Gasteiger partial charge on any atom is 0.143 e. The van der Waals surface area contributed by atoms with Crippen LogP contribution in [-0.2, 0) is 14.4 Å². The average Bonchev–Trinajstić information content (AvgIpc) is 2.15. The van der Waals surface area contributed by atoms with Gasteiger partial charge in [0.25, 0.3) is 0 Å². The van der Waals surface area contributed by atoms with Crippen LogP contribution in [0.5, 0.6) is 0 Å². The third kappa shape index (κ3) is 3.05. The molecule has 1 saturated carbocycles. The zero-order chi connectivity index (χ0) is 10.6. The second-order valence-corrected chi connectivity index (χ2v) is 3.93. The number of carbonyl (C=O) groups excluding carboxylic acids is 3. The summed E-state index contributed by atoms with van der Waals surface area (Å²) in [5.74, 6) is -0.348. The van der Waals surface area contributed by atoms with Crippen LogP contribution in [-0.4, -0.2) is 17.3 Å². The first-order valence-electron chi connectivity index (χ1n) is 5.16. The van der Waals surface area contributed by atoms with Gasteiger partial charge in [-0.15, -0.1) is 0 Å². The van der Waals surface area contributed by atoms with Gasteiger partial charge < -0.3 is 4.79 Å². The number of hydrogen-bond donors (Lipinski definition) is 0. The predicted octanol–water partition coefficient (Wildman–Crippen LogP) is 1.68. The van der Waals surface area contributed by atoms with Crippen LogP contribution in [0.2, 0.25) is 0 Å². The van der Waals surface area contributed by atoms with Crippen LogP contribution in [0.15, 0.2) is 0 Å². The van der Waals surface area contributed by atoms with Crippen molar-refractivity contribution in [2.45, 2.75) is 45.4 Å². The van der Waals surface area contributed by atoms with Gasteiger partial charge in [0, 0.05) is 19.3 Å². The van der Waals surface area contributed by atoms with Crippen LogP contribution in [0.3, 0.4) is 0 Å². The van der Waals surface area contributed by atoms with E-state index in [0.717, 1.165) is 12.8 Å². The molecule has 14 heavy (non-hydrogen) atoms. The molecule has 1 fully saturated rings. The van der Waals surface area contributed by atoms with E-state index in [4.69, 9.17) is 0 Å². The fraction of sp³-hybridized carbons (Fsp3) is 0.727. The van der Waals surface area contributed by atoms with Gasteiger partial charge in [-0.3, -0.25) is 9.59 Å². The summed E-state index contributed by atoms with van der Waals surface area (Å²) in [5, 5.41) is 0. The first kappa shape index (κ1) is 11.1. The van der Waals surface area contributed by atoms with Crippen LogP contribution < -0.4 is 0 Å². The summed E-state index contributed by atoms with van der Waals surface area (Å²) in [6.07, 6.45) is 3.62. The van der Waals surface area contributed by atoms with E-state index in [2.05, 4.69) is 0 Å². The van der Waals surface area contributed by atoms with Crippen molar-refractivity contribution in [1.82, 2.24) is 0 Å². The SMILES string of the molecule is CC(=O)CCC(=O)C1CCCCC1=O. The molecule has 0 spiro atoms. The van der Waals surface area contributed by atoms with E-state index >= 15 is 0 Å². The Kier molecular flexibility index (Phi) is 3.98. The molecule has 0 heterocycles. The Bertz CT molecular complexity index is 255. The molecule has 0 amide bonds. The fourth-order valence-corrected chi connectivity index (χ4v) is 1.80. The van der Waals surface area contributed by atoms with Crippen molar-refractivity contribution in [1.29, 1.82) is 0 Å². The first-order valence-corrected chi connectivity index (χ1v) is 5.16. The molecule has 1 rings (SSSR count). The van der Waals surface area contributed by atoms with Crippen LogP contribution in [0.1, 0.15) is 45.4 Å². The molecule has 0 aromatic heterocycles. The molecule has 0 bridgehead atoms. The maximum absolute atomic E-state index is 11.5. The van der Waals surface area contributed by atoms with Crippen molar-refractivity contribution in [2.75, 3.05) is 0 Å². The second kappa shape index (κ2) is 5.03. The minimum atomic E-state index is -0.400. The van der Waals surface area contributed by atoms with Gasteiger partial charge >= 0.3 is 0 Å². The smallest absolute Gasteiger partial charge is 0.143 e. The van der Waals surface area contributed by atoms with Gasteiger partial charge in [-0.2, -0.15) is 0 Å². The van der Waals surface area contributed by atoms with Crippen LogP contribution in [0, 0.1) is 5.92 Å². The van der Waals surface area contributed by atoms with Crippen molar-refractivity contribution in [2.24, 2.45) is 5.92 Å². The Hall–Kier alpha value is -0.990. The molecule has 1 unspecified atom stereocenters. The lowest BCUT2D eigenvalue weighted by Crippen LogP contribution is -2.27. The third-order valence-electron chi connectivity index (χ3n) is 2.67. The molecule has 0 radical (unpaired) electrons. The average molecular weight is 196 g/mol. The van der Waals surface area contributed by atoms with Gasteiger partial charge in [-0.05, 0) is 19.8 Å². The maximum atomic E-state index is 11.5. The highest BCUT2D eigenvalue weighted by Gasteiger charge is 2.28. The summed E-state index contributed by atoms with van der Waals surface area (Å²) in [5.41, 5.74) is 0. The number of Topliss-reactive ketones (excluding diaryl/α,β-unsaturated/α-hetero) is 3. The van der Waals surface area contributed by atoms with Crippen molar-refractivity contribution in [3.63, 3.8) is 0 Å². The lowest BCUT2D eigenvalue weighted by atomic mass is 9.83. The molecule has 0 N–H and O–H groups in total. The number of ketones is 3. The Morgan fingerprint density at radius 3 is 2.57 bits per heavy atom. The molecule has 1 atom stereocenters. The minimum Gasteiger partial charge on any atom is -0.300 e. The Balaban J connectivity index is 2.42. The largest absolute Gasteiger partial charge is 0.300 e. The molecule has 1 aliphatic carbocycles. The van der Waals surface area contributed by atoms with Gasteiger partial charge in [-0.1, -0.05) is 6.42 Å². The molecule has 1 aliphatic rings. The molecule has 0 aromatic carbocycles. The van der Waals surface area contributed by atoms with Gasteiger partial charge in [0.15, 0.2) is 0 Å². The minimum absolute atomic E-state index is 0.0154. The quantitative estimate of drug-likeness (QED) is 0.643. The van der Waals surface area contributed by atoms with Crippen molar-refractivity contribution in [3.8, 4) is 0 Å². The lowest BCUT2D eigenvalue weighted by molar-refractivity contribution is -0.135. The van der Waals surface area contributed by atoms with Crippen LogP contribution >= 0.6 is 0 Å². The van der Waals surface area contributed by atoms with Crippen molar-refractivity contribution >= 4 is 17.3 Å². The monoisotopic (exact) mass is 196 g/mol. The molecular formula is C11H16O3. The number of rotatable bonds is 4. The Morgan fingerprint density at radius 2 is 2.00 bits per heavy atom. The molecule has 0 aromatic rings. The molecule has 78 valence electrons. The van der Waals surface area contributed by atoms with Gasteiger partial charge in [-0.25, -0.2) is 0 Å². The third-order valence-corrected chi connectivity index (χ3v) is 2.67. The van der Waals surface area contributed by atoms with E-state index in [9.17, 15) is 14.4 Å². The molecule has 3 heteroatoms. The highest BCUT2D eigenvalue weighted by Crippen LogP contribution is 2.22. The molecule has 0 aliphatic heterocycles. The Morgan fingerprint density at radius 1 is 1.29 bits per heavy atom. The summed E-state index contributed by atoms with van der Waals surface area (Å²) in [7, 11) is 0. The van der Waals surface area contributed by atoms with E-state index in [1.807, 2.05) is 0 Å². The van der Waals surface area contributed by atoms with Crippen LogP contribution in [0.25, 0.3) is 0 Å². The fourth-order valence-electron chi connectivity index (χ4n) is 1.80. The van der Waals surface area contributed by atoms with Gasteiger partial charge in [0.05, 0.1) is 5.92 Å². The molecule has 3 nitrogen and oxygen atoms in total. The van der Waals surface area contributed by atoms with E-state index in [0.29, 0.717) is 12.8 Å². The number of hydrogen-bond acceptors (Lipinski definition) is 3. The predicted molar refractivity (Wildman–Crippen MR) is 51.9 cm³/mol. The second-order valence-electron chi connectivity index (χ2n) is 3.93. The van der Waals surface area contributed by atoms with Gasteiger partial charge in [0.2, 0.25) is 0 Å². The number of carbonyl (C=O) groups is 3. The highest BCUT2D eigenvalue weighted by molar-refractivity contribution is 6.03. The standard InChI is InChI=1S/C11H16O3/c1-8(12)6-7-11(14)9-4-2-3-5-10(9)13/h9H,2-7H2,1H3. The van der Waals surface area contributed by atoms with E-state index in [1.165, 1.54) is 6.92 Å². The van der Waals surface area contributed by atoms with Crippen molar-refractivity contribution in [3.05, 3.63) is 0 Å². The normalized spacial score (nSPS) is 22.1. The Labute approximate surface area is 83.9 Å². The van der Waals surface area contributed by atoms with E-state index in [1.54, 1.807) is 0 Å². The highest BCUT2D eigenvalue weighted by atomic mass is 16.2. The van der Waals surface area contributed by atoms with Gasteiger partial charge in [0.1, 0.15) is 17.3 Å². The first-order chi connectivity index (χ1) is 6.61. The summed E-state index contributed by atoms with van der Waals surface area (Å²) in [4.78, 5) is 33.6. The zero-order valence-electron chi connectivity index (χ0n) is 8.54. The molecular weight excluding hydrogens is 180 g/mol. The lowest BCUT2D eigenvalue weighted by Gasteiger charge is -2.18.